The second-order valence-corrected chi connectivity index (χ2v) is 10.6. The number of hydrogen-bond donors (Lipinski definition) is 2. The number of hydrogen-bond acceptors (Lipinski definition) is 6. The minimum absolute atomic E-state index is 0. The molecule has 0 aromatic carbocycles. The summed E-state index contributed by atoms with van der Waals surface area (Å²) in [5.41, 5.74) is 15.8. The summed E-state index contributed by atoms with van der Waals surface area (Å²) >= 11 is 18.8. The van der Waals surface area contributed by atoms with E-state index < -0.39 is 0 Å². The number of nitrogens with two attached hydrogens (primary N) is 2. The number of nitrogens with zero attached hydrogens (tertiary/aromatic N) is 4. The summed E-state index contributed by atoms with van der Waals surface area (Å²) in [6.07, 6.45) is 0. The normalized spacial score (nSPS) is 8.07. The Morgan fingerprint density at radius 3 is 1.14 bits per heavy atom. The molecule has 0 aliphatic carbocycles. The number of aryl methyl sites for hydroxylation is 5. The third-order valence-electron chi connectivity index (χ3n) is 4.10. The van der Waals surface area contributed by atoms with Crippen molar-refractivity contribution in [2.75, 3.05) is 11.5 Å². The highest BCUT2D eigenvalue weighted by Gasteiger charge is 1.94. The van der Waals surface area contributed by atoms with Crippen LogP contribution in [-0.2, 0) is 0 Å². The van der Waals surface area contributed by atoms with Crippen molar-refractivity contribution in [2.24, 2.45) is 0 Å². The Kier molecular flexibility index (Phi) is 38.5. The molecular weight excluding hydrogens is 924 g/mol. The average Bonchev–Trinajstić information content (AvgIpc) is 2.84. The maximum absolute atomic E-state index is 5.40. The van der Waals surface area contributed by atoms with Crippen LogP contribution in [-0.4, -0.2) is 19.9 Å². The van der Waals surface area contributed by atoms with Crippen molar-refractivity contribution in [1.29, 1.82) is 0 Å². The molecule has 4 heterocycles. The van der Waals surface area contributed by atoms with Crippen LogP contribution in [0.25, 0.3) is 0 Å². The lowest BCUT2D eigenvalue weighted by molar-refractivity contribution is 1.11. The van der Waals surface area contributed by atoms with Gasteiger partial charge in [0, 0.05) is 53.1 Å². The third-order valence-corrected chi connectivity index (χ3v) is 7.06. The molecule has 0 atom stereocenters. The predicted octanol–water partition coefficient (Wildman–Crippen LogP) is 13.0. The number of halogens is 6. The zero-order valence-electron chi connectivity index (χ0n) is 20.9. The SMILES string of the molecule is BrBr.C.C.C.C.C.Cc1ccc(Br)c(C)n1.Cc1cccc(N)n1.Cc1nc(Br)ccc1Br.Cc1nc(N)ccc1Br. The first-order valence-electron chi connectivity index (χ1n) is 10.5. The van der Waals surface area contributed by atoms with Crippen LogP contribution < -0.4 is 11.5 Å². The van der Waals surface area contributed by atoms with E-state index >= 15 is 0 Å². The van der Waals surface area contributed by atoms with Crippen molar-refractivity contribution in [2.45, 2.75) is 71.8 Å². The Bertz CT molecular complexity index is 1110. The van der Waals surface area contributed by atoms with Crippen LogP contribution in [0.1, 0.15) is 65.6 Å². The zero-order chi connectivity index (χ0) is 28.5. The van der Waals surface area contributed by atoms with Crippen molar-refractivity contribution in [3.8, 4) is 0 Å². The van der Waals surface area contributed by atoms with E-state index in [9.17, 15) is 0 Å². The minimum atomic E-state index is 0. The van der Waals surface area contributed by atoms with Crippen LogP contribution in [0.2, 0.25) is 0 Å². The molecule has 0 aliphatic heterocycles. The van der Waals surface area contributed by atoms with Gasteiger partial charge in [-0.2, -0.15) is 0 Å². The monoisotopic (exact) mass is 966 g/mol. The van der Waals surface area contributed by atoms with Gasteiger partial charge in [-0.15, -0.1) is 0 Å². The molecule has 12 heteroatoms. The van der Waals surface area contributed by atoms with Gasteiger partial charge in [0.05, 0.1) is 17.1 Å². The van der Waals surface area contributed by atoms with E-state index in [4.69, 9.17) is 11.5 Å². The van der Waals surface area contributed by atoms with Gasteiger partial charge in [-0.05, 0) is 147 Å². The lowest BCUT2D eigenvalue weighted by Crippen LogP contribution is -1.91. The number of nitrogen functional groups attached to an aromatic ring is 2. The zero-order valence-corrected chi connectivity index (χ0v) is 30.4. The van der Waals surface area contributed by atoms with Gasteiger partial charge in [-0.25, -0.2) is 15.0 Å². The number of anilines is 2. The molecule has 0 radical (unpaired) electrons. The Labute approximate surface area is 305 Å². The van der Waals surface area contributed by atoms with E-state index in [1.165, 1.54) is 0 Å². The van der Waals surface area contributed by atoms with E-state index in [-0.39, 0.29) is 37.1 Å². The highest BCUT2D eigenvalue weighted by molar-refractivity contribution is 9.93. The summed E-state index contributed by atoms with van der Waals surface area (Å²) in [6.45, 7) is 9.74. The molecule has 0 saturated heterocycles. The second-order valence-electron chi connectivity index (χ2n) is 7.23. The molecule has 4 aromatic rings. The highest BCUT2D eigenvalue weighted by atomic mass is 80.9. The summed E-state index contributed by atoms with van der Waals surface area (Å²) in [6, 6.07) is 17.1. The van der Waals surface area contributed by atoms with Crippen LogP contribution in [0.15, 0.2) is 72.6 Å². The Morgan fingerprint density at radius 1 is 0.452 bits per heavy atom. The molecule has 0 spiro atoms. The molecule has 6 nitrogen and oxygen atoms in total. The van der Waals surface area contributed by atoms with Gasteiger partial charge in [0.1, 0.15) is 16.2 Å². The molecule has 4 aromatic heterocycles. The molecule has 42 heavy (non-hydrogen) atoms. The lowest BCUT2D eigenvalue weighted by Gasteiger charge is -1.95. The summed E-state index contributed by atoms with van der Waals surface area (Å²) in [5.74, 6) is 1.15. The van der Waals surface area contributed by atoms with Gasteiger partial charge >= 0.3 is 0 Å². The van der Waals surface area contributed by atoms with E-state index in [1.807, 2.05) is 77.1 Å². The predicted molar refractivity (Wildman–Crippen MR) is 212 cm³/mol. The molecule has 4 rings (SSSR count). The summed E-state index contributed by atoms with van der Waals surface area (Å²) in [7, 11) is 0. The van der Waals surface area contributed by atoms with Crippen molar-refractivity contribution in [1.82, 2.24) is 19.9 Å². The first-order chi connectivity index (χ1) is 17.4. The van der Waals surface area contributed by atoms with Crippen LogP contribution >= 0.6 is 92.0 Å². The molecule has 0 aliphatic rings. The minimum Gasteiger partial charge on any atom is -0.384 e. The Hall–Kier alpha value is -0.920. The second kappa shape index (κ2) is 30.1. The van der Waals surface area contributed by atoms with Crippen molar-refractivity contribution in [3.05, 3.63) is 101 Å². The molecular formula is C30H48Br6N6. The van der Waals surface area contributed by atoms with E-state index in [2.05, 4.69) is 112 Å². The summed E-state index contributed by atoms with van der Waals surface area (Å²) in [5, 5.41) is 0. The quantitative estimate of drug-likeness (QED) is 0.170. The Balaban J connectivity index is -0.0000000971. The van der Waals surface area contributed by atoms with Crippen molar-refractivity contribution < 1.29 is 0 Å². The van der Waals surface area contributed by atoms with Crippen LogP contribution in [0, 0.1) is 34.6 Å². The standard InChI is InChI=1S/C7H8BrN.C6H5Br2N.C6H7BrN2.C6H8N2.5CH4.Br2/c1-5-3-4-7(8)6(2)9-5;2*1-4-5(7)2-3-6(8)9-4;1-5-3-2-4-6(7)8-5;;;;;;1-2/h3-4H,1-2H3;2-3H,1H3;2-3H,1H3,(H2,8,9);2-4H,1H3,(H2,7,8);5*1H4;. The Morgan fingerprint density at radius 2 is 0.833 bits per heavy atom. The average molecular weight is 972 g/mol. The maximum atomic E-state index is 5.40. The topological polar surface area (TPSA) is 104 Å². The first kappa shape index (κ1) is 53.6. The van der Waals surface area contributed by atoms with Gasteiger partial charge in [-0.1, -0.05) is 43.2 Å². The van der Waals surface area contributed by atoms with Crippen LogP contribution in [0.4, 0.5) is 11.6 Å². The van der Waals surface area contributed by atoms with Crippen LogP contribution in [0.5, 0.6) is 0 Å². The molecule has 0 fully saturated rings. The van der Waals surface area contributed by atoms with E-state index in [1.54, 1.807) is 12.1 Å². The lowest BCUT2D eigenvalue weighted by atomic mass is 10.3. The molecule has 0 amide bonds. The summed E-state index contributed by atoms with van der Waals surface area (Å²) in [4.78, 5) is 16.3. The van der Waals surface area contributed by atoms with Gasteiger partial charge < -0.3 is 11.5 Å². The van der Waals surface area contributed by atoms with Crippen molar-refractivity contribution in [3.63, 3.8) is 0 Å². The van der Waals surface area contributed by atoms with Gasteiger partial charge in [0.15, 0.2) is 0 Å². The van der Waals surface area contributed by atoms with Crippen molar-refractivity contribution >= 4 is 104 Å². The van der Waals surface area contributed by atoms with Gasteiger partial charge in [0.2, 0.25) is 0 Å². The van der Waals surface area contributed by atoms with E-state index in [0.29, 0.717) is 11.6 Å². The molecule has 0 unspecified atom stereocenters. The largest absolute Gasteiger partial charge is 0.384 e. The number of aromatic nitrogens is 4. The maximum Gasteiger partial charge on any atom is 0.123 e. The number of pyridine rings is 4. The molecule has 240 valence electrons. The number of rotatable bonds is 0. The summed E-state index contributed by atoms with van der Waals surface area (Å²) < 4.78 is 4.00. The molecule has 0 bridgehead atoms. The smallest absolute Gasteiger partial charge is 0.123 e. The van der Waals surface area contributed by atoms with E-state index in [0.717, 1.165) is 46.5 Å². The van der Waals surface area contributed by atoms with Gasteiger partial charge in [0.25, 0.3) is 0 Å². The fraction of sp³-hybridized carbons (Fsp3) is 0.333. The first-order valence-corrected chi connectivity index (χ1v) is 17.4. The highest BCUT2D eigenvalue weighted by Crippen LogP contribution is 2.16. The third kappa shape index (κ3) is 24.5. The molecule has 0 saturated carbocycles. The fourth-order valence-electron chi connectivity index (χ4n) is 2.31. The van der Waals surface area contributed by atoms with Crippen LogP contribution in [0.3, 0.4) is 0 Å². The fourth-order valence-corrected chi connectivity index (χ4v) is 3.37. The van der Waals surface area contributed by atoms with Gasteiger partial charge in [-0.3, -0.25) is 4.98 Å². The molecule has 4 N–H and O–H groups in total.